The van der Waals surface area contributed by atoms with Gasteiger partial charge < -0.3 is 4.74 Å². The van der Waals surface area contributed by atoms with E-state index >= 15 is 0 Å². The lowest BCUT2D eigenvalue weighted by atomic mass is 10.2. The zero-order chi connectivity index (χ0) is 15.4. The van der Waals surface area contributed by atoms with Crippen LogP contribution in [0.5, 0.6) is 5.75 Å². The maximum absolute atomic E-state index is 12.1. The SMILES string of the molecule is C=CCN1C(=O)S/C(=C\c2ccc(OC(C)C)cc2)C1=O. The second kappa shape index (κ2) is 6.63. The summed E-state index contributed by atoms with van der Waals surface area (Å²) in [5, 5.41) is -0.258. The summed E-state index contributed by atoms with van der Waals surface area (Å²) in [7, 11) is 0. The van der Waals surface area contributed by atoms with Gasteiger partial charge in [0.2, 0.25) is 0 Å². The molecular weight excluding hydrogens is 286 g/mol. The minimum Gasteiger partial charge on any atom is -0.491 e. The zero-order valence-corrected chi connectivity index (χ0v) is 12.9. The molecule has 1 saturated heterocycles. The van der Waals surface area contributed by atoms with E-state index in [1.165, 1.54) is 11.0 Å². The normalized spacial score (nSPS) is 16.9. The molecule has 0 unspecified atom stereocenters. The van der Waals surface area contributed by atoms with Crippen molar-refractivity contribution in [1.29, 1.82) is 0 Å². The Hall–Kier alpha value is -2.01. The molecular formula is C16H17NO3S. The van der Waals surface area contributed by atoms with Crippen molar-refractivity contribution < 1.29 is 14.3 Å². The van der Waals surface area contributed by atoms with E-state index in [-0.39, 0.29) is 23.8 Å². The van der Waals surface area contributed by atoms with E-state index in [4.69, 9.17) is 4.74 Å². The maximum Gasteiger partial charge on any atom is 0.293 e. The number of carbonyl (C=O) groups excluding carboxylic acids is 2. The fourth-order valence-corrected chi connectivity index (χ4v) is 2.70. The molecule has 1 aliphatic heterocycles. The first kappa shape index (κ1) is 15.4. The molecule has 2 rings (SSSR count). The molecule has 0 radical (unpaired) electrons. The summed E-state index contributed by atoms with van der Waals surface area (Å²) in [5.41, 5.74) is 0.857. The van der Waals surface area contributed by atoms with Crippen LogP contribution in [0.3, 0.4) is 0 Å². The number of amides is 2. The van der Waals surface area contributed by atoms with Gasteiger partial charge in [-0.05, 0) is 49.4 Å². The monoisotopic (exact) mass is 303 g/mol. The van der Waals surface area contributed by atoms with Crippen molar-refractivity contribution in [2.75, 3.05) is 6.54 Å². The Balaban J connectivity index is 2.15. The number of benzene rings is 1. The van der Waals surface area contributed by atoms with Crippen molar-refractivity contribution in [3.8, 4) is 5.75 Å². The molecule has 4 nitrogen and oxygen atoms in total. The molecule has 21 heavy (non-hydrogen) atoms. The van der Waals surface area contributed by atoms with Gasteiger partial charge in [-0.3, -0.25) is 14.5 Å². The molecule has 0 saturated carbocycles. The van der Waals surface area contributed by atoms with E-state index in [0.29, 0.717) is 4.91 Å². The average molecular weight is 303 g/mol. The summed E-state index contributed by atoms with van der Waals surface area (Å²) in [5.74, 6) is 0.509. The highest BCUT2D eigenvalue weighted by molar-refractivity contribution is 8.18. The van der Waals surface area contributed by atoms with Gasteiger partial charge in [0.25, 0.3) is 11.1 Å². The summed E-state index contributed by atoms with van der Waals surface area (Å²) in [4.78, 5) is 25.4. The Morgan fingerprint density at radius 2 is 1.95 bits per heavy atom. The van der Waals surface area contributed by atoms with Gasteiger partial charge in [0.1, 0.15) is 5.75 Å². The summed E-state index contributed by atoms with van der Waals surface area (Å²) >= 11 is 0.951. The highest BCUT2D eigenvalue weighted by Crippen LogP contribution is 2.32. The van der Waals surface area contributed by atoms with E-state index in [2.05, 4.69) is 6.58 Å². The molecule has 1 fully saturated rings. The topological polar surface area (TPSA) is 46.6 Å². The number of rotatable bonds is 5. The second-order valence-corrected chi connectivity index (χ2v) is 5.81. The number of nitrogens with zero attached hydrogens (tertiary/aromatic N) is 1. The van der Waals surface area contributed by atoms with Gasteiger partial charge in [-0.25, -0.2) is 0 Å². The Morgan fingerprint density at radius 3 is 2.52 bits per heavy atom. The largest absolute Gasteiger partial charge is 0.491 e. The van der Waals surface area contributed by atoms with E-state index in [1.54, 1.807) is 6.08 Å². The molecule has 2 amide bonds. The van der Waals surface area contributed by atoms with Crippen LogP contribution < -0.4 is 4.74 Å². The number of imide groups is 1. The second-order valence-electron chi connectivity index (χ2n) is 4.82. The smallest absolute Gasteiger partial charge is 0.293 e. The number of thioether (sulfide) groups is 1. The predicted octanol–water partition coefficient (Wildman–Crippen LogP) is 3.70. The fourth-order valence-electron chi connectivity index (χ4n) is 1.85. The standard InChI is InChI=1S/C16H17NO3S/c1-4-9-17-15(18)14(21-16(17)19)10-12-5-7-13(8-6-12)20-11(2)3/h4-8,10-11H,1,9H2,2-3H3/b14-10-. The Labute approximate surface area is 128 Å². The Morgan fingerprint density at radius 1 is 1.29 bits per heavy atom. The van der Waals surface area contributed by atoms with Crippen molar-refractivity contribution in [3.63, 3.8) is 0 Å². The molecule has 0 atom stereocenters. The van der Waals surface area contributed by atoms with Gasteiger partial charge in [-0.1, -0.05) is 18.2 Å². The van der Waals surface area contributed by atoms with Crippen LogP contribution in [0.15, 0.2) is 41.8 Å². The highest BCUT2D eigenvalue weighted by atomic mass is 32.2. The van der Waals surface area contributed by atoms with Gasteiger partial charge >= 0.3 is 0 Å². The van der Waals surface area contributed by atoms with Crippen molar-refractivity contribution in [2.45, 2.75) is 20.0 Å². The van der Waals surface area contributed by atoms with Gasteiger partial charge in [-0.2, -0.15) is 0 Å². The van der Waals surface area contributed by atoms with Gasteiger partial charge in [0.05, 0.1) is 11.0 Å². The third-order valence-corrected chi connectivity index (χ3v) is 3.64. The quantitative estimate of drug-likeness (QED) is 0.614. The van der Waals surface area contributed by atoms with E-state index < -0.39 is 0 Å². The first-order valence-corrected chi connectivity index (χ1v) is 7.46. The minimum atomic E-state index is -0.271. The minimum absolute atomic E-state index is 0.117. The Bertz CT molecular complexity index is 590. The molecule has 0 bridgehead atoms. The molecule has 110 valence electrons. The lowest BCUT2D eigenvalue weighted by Crippen LogP contribution is -2.27. The maximum atomic E-state index is 12.1. The molecule has 1 aliphatic rings. The Kier molecular flexibility index (Phi) is 4.85. The molecule has 0 spiro atoms. The third kappa shape index (κ3) is 3.76. The first-order chi connectivity index (χ1) is 10.0. The van der Waals surface area contributed by atoms with E-state index in [9.17, 15) is 9.59 Å². The van der Waals surface area contributed by atoms with Crippen LogP contribution >= 0.6 is 11.8 Å². The van der Waals surface area contributed by atoms with E-state index in [0.717, 1.165) is 23.1 Å². The molecule has 5 heteroatoms. The van der Waals surface area contributed by atoms with Crippen LogP contribution in [-0.2, 0) is 4.79 Å². The third-order valence-electron chi connectivity index (χ3n) is 2.73. The summed E-state index contributed by atoms with van der Waals surface area (Å²) in [6.07, 6.45) is 3.37. The molecule has 0 aliphatic carbocycles. The summed E-state index contributed by atoms with van der Waals surface area (Å²) in [6, 6.07) is 7.41. The summed E-state index contributed by atoms with van der Waals surface area (Å²) < 4.78 is 5.56. The number of hydrogen-bond donors (Lipinski definition) is 0. The van der Waals surface area contributed by atoms with Crippen LogP contribution in [0.25, 0.3) is 6.08 Å². The van der Waals surface area contributed by atoms with E-state index in [1.807, 2.05) is 38.1 Å². The lowest BCUT2D eigenvalue weighted by Gasteiger charge is -2.09. The highest BCUT2D eigenvalue weighted by Gasteiger charge is 2.33. The van der Waals surface area contributed by atoms with Crippen molar-refractivity contribution in [2.24, 2.45) is 0 Å². The molecule has 1 aromatic carbocycles. The lowest BCUT2D eigenvalue weighted by molar-refractivity contribution is -0.122. The van der Waals surface area contributed by atoms with Gasteiger partial charge in [-0.15, -0.1) is 6.58 Å². The molecule has 1 aromatic rings. The van der Waals surface area contributed by atoms with Gasteiger partial charge in [0, 0.05) is 6.54 Å². The van der Waals surface area contributed by atoms with Crippen LogP contribution in [0.4, 0.5) is 4.79 Å². The molecule has 1 heterocycles. The fraction of sp³-hybridized carbons (Fsp3) is 0.250. The number of hydrogen-bond acceptors (Lipinski definition) is 4. The van der Waals surface area contributed by atoms with Gasteiger partial charge in [0.15, 0.2) is 0 Å². The van der Waals surface area contributed by atoms with Crippen LogP contribution in [-0.4, -0.2) is 28.7 Å². The zero-order valence-electron chi connectivity index (χ0n) is 12.0. The van der Waals surface area contributed by atoms with Crippen LogP contribution in [0.1, 0.15) is 19.4 Å². The van der Waals surface area contributed by atoms with Crippen molar-refractivity contribution in [1.82, 2.24) is 4.90 Å². The average Bonchev–Trinajstić information content (AvgIpc) is 2.69. The molecule has 0 N–H and O–H groups in total. The number of ether oxygens (including phenoxy) is 1. The molecule has 0 aromatic heterocycles. The van der Waals surface area contributed by atoms with Crippen molar-refractivity contribution >= 4 is 29.0 Å². The predicted molar refractivity (Wildman–Crippen MR) is 85.1 cm³/mol. The first-order valence-electron chi connectivity index (χ1n) is 6.64. The van der Waals surface area contributed by atoms with Crippen LogP contribution in [0, 0.1) is 0 Å². The van der Waals surface area contributed by atoms with Crippen molar-refractivity contribution in [3.05, 3.63) is 47.4 Å². The van der Waals surface area contributed by atoms with Crippen LogP contribution in [0.2, 0.25) is 0 Å². The summed E-state index contributed by atoms with van der Waals surface area (Å²) in [6.45, 7) is 7.71. The number of carbonyl (C=O) groups is 2.